The van der Waals surface area contributed by atoms with Crippen molar-refractivity contribution >= 4 is 17.6 Å². The van der Waals surface area contributed by atoms with Crippen molar-refractivity contribution in [2.24, 2.45) is 0 Å². The van der Waals surface area contributed by atoms with Crippen LogP contribution >= 0.6 is 11.6 Å². The molecule has 0 radical (unpaired) electrons. The van der Waals surface area contributed by atoms with Crippen LogP contribution in [0.15, 0.2) is 12.1 Å². The Hall–Kier alpha value is -1.30. The Labute approximate surface area is 99.1 Å². The first-order chi connectivity index (χ1) is 7.77. The van der Waals surface area contributed by atoms with Crippen LogP contribution in [0.4, 0.5) is 17.6 Å². The summed E-state index contributed by atoms with van der Waals surface area (Å²) in [6.45, 7) is 1.32. The topological polar surface area (TPSA) is 26.3 Å². The molecule has 0 aromatic heterocycles. The zero-order chi connectivity index (χ0) is 13.2. The molecule has 0 fully saturated rings. The van der Waals surface area contributed by atoms with Crippen LogP contribution < -0.4 is 0 Å². The van der Waals surface area contributed by atoms with Crippen molar-refractivity contribution in [2.45, 2.75) is 13.1 Å². The highest BCUT2D eigenvalue weighted by Crippen LogP contribution is 2.35. The van der Waals surface area contributed by atoms with Gasteiger partial charge in [0.2, 0.25) is 0 Å². The van der Waals surface area contributed by atoms with Gasteiger partial charge in [-0.2, -0.15) is 13.2 Å². The molecule has 2 nitrogen and oxygen atoms in total. The van der Waals surface area contributed by atoms with Crippen LogP contribution in [0.3, 0.4) is 0 Å². The van der Waals surface area contributed by atoms with Gasteiger partial charge in [0, 0.05) is 0 Å². The average Bonchev–Trinajstić information content (AvgIpc) is 2.20. The number of hydrogen-bond acceptors (Lipinski definition) is 2. The molecule has 1 aromatic carbocycles. The monoisotopic (exact) mass is 270 g/mol. The molecule has 7 heteroatoms. The molecular formula is C10H7ClF4O2. The molecule has 0 atom stereocenters. The summed E-state index contributed by atoms with van der Waals surface area (Å²) in [5.74, 6) is -2.35. The Bertz CT molecular complexity index is 443. The fourth-order valence-corrected chi connectivity index (χ4v) is 1.32. The van der Waals surface area contributed by atoms with E-state index in [9.17, 15) is 22.4 Å². The van der Waals surface area contributed by atoms with Crippen LogP contribution in [0.25, 0.3) is 0 Å². The molecule has 0 saturated heterocycles. The number of carbonyl (C=O) groups excluding carboxylic acids is 1. The van der Waals surface area contributed by atoms with Gasteiger partial charge >= 0.3 is 12.1 Å². The van der Waals surface area contributed by atoms with Gasteiger partial charge in [0.25, 0.3) is 0 Å². The highest BCUT2D eigenvalue weighted by atomic mass is 35.5. The molecule has 1 aromatic rings. The zero-order valence-electron chi connectivity index (χ0n) is 8.57. The molecule has 0 bridgehead atoms. The predicted molar refractivity (Wildman–Crippen MR) is 52.4 cm³/mol. The third-order valence-electron chi connectivity index (χ3n) is 1.86. The number of rotatable bonds is 2. The third kappa shape index (κ3) is 3.09. The van der Waals surface area contributed by atoms with Crippen molar-refractivity contribution in [2.75, 3.05) is 6.61 Å². The normalized spacial score (nSPS) is 11.4. The summed E-state index contributed by atoms with van der Waals surface area (Å²) >= 11 is 5.25. The van der Waals surface area contributed by atoms with Crippen molar-refractivity contribution in [3.05, 3.63) is 34.1 Å². The average molecular weight is 271 g/mol. The number of alkyl halides is 3. The van der Waals surface area contributed by atoms with E-state index in [0.29, 0.717) is 12.1 Å². The maximum atomic E-state index is 13.0. The lowest BCUT2D eigenvalue weighted by Gasteiger charge is -2.12. The van der Waals surface area contributed by atoms with Crippen LogP contribution in [0, 0.1) is 5.82 Å². The van der Waals surface area contributed by atoms with Gasteiger partial charge < -0.3 is 4.74 Å². The molecule has 0 unspecified atom stereocenters. The minimum Gasteiger partial charge on any atom is -0.462 e. The number of carbonyl (C=O) groups is 1. The van der Waals surface area contributed by atoms with Gasteiger partial charge in [-0.05, 0) is 19.1 Å². The fraction of sp³-hybridized carbons (Fsp3) is 0.300. The Morgan fingerprint density at radius 3 is 2.47 bits per heavy atom. The Kier molecular flexibility index (Phi) is 3.98. The van der Waals surface area contributed by atoms with Crippen LogP contribution in [0.5, 0.6) is 0 Å². The SMILES string of the molecule is CCOC(=O)c1cc(F)c(Cl)cc1C(F)(F)F. The molecule has 0 spiro atoms. The van der Waals surface area contributed by atoms with Gasteiger partial charge in [-0.3, -0.25) is 0 Å². The van der Waals surface area contributed by atoms with Gasteiger partial charge in [0.05, 0.1) is 22.8 Å². The molecule has 0 aliphatic heterocycles. The number of benzene rings is 1. The van der Waals surface area contributed by atoms with Gasteiger partial charge in [0.1, 0.15) is 5.82 Å². The lowest BCUT2D eigenvalue weighted by atomic mass is 10.1. The molecule has 0 N–H and O–H groups in total. The first kappa shape index (κ1) is 13.8. The van der Waals surface area contributed by atoms with E-state index in [0.717, 1.165) is 0 Å². The van der Waals surface area contributed by atoms with Crippen molar-refractivity contribution in [3.8, 4) is 0 Å². The zero-order valence-corrected chi connectivity index (χ0v) is 9.32. The van der Waals surface area contributed by atoms with E-state index in [1.54, 1.807) is 0 Å². The van der Waals surface area contributed by atoms with E-state index < -0.39 is 34.1 Å². The summed E-state index contributed by atoms with van der Waals surface area (Å²) in [7, 11) is 0. The first-order valence-corrected chi connectivity index (χ1v) is 4.88. The van der Waals surface area contributed by atoms with Gasteiger partial charge in [0.15, 0.2) is 0 Å². The minimum atomic E-state index is -4.81. The number of halogens is 5. The highest BCUT2D eigenvalue weighted by Gasteiger charge is 2.36. The second-order valence-electron chi connectivity index (χ2n) is 3.03. The van der Waals surface area contributed by atoms with Gasteiger partial charge in [-0.25, -0.2) is 9.18 Å². The van der Waals surface area contributed by atoms with Crippen molar-refractivity contribution in [1.82, 2.24) is 0 Å². The van der Waals surface area contributed by atoms with E-state index in [1.165, 1.54) is 6.92 Å². The van der Waals surface area contributed by atoms with Gasteiger partial charge in [-0.1, -0.05) is 11.6 Å². The molecule has 0 aliphatic carbocycles. The summed E-state index contributed by atoms with van der Waals surface area (Å²) in [4.78, 5) is 11.2. The number of hydrogen-bond donors (Lipinski definition) is 0. The maximum absolute atomic E-state index is 13.0. The van der Waals surface area contributed by atoms with Crippen LogP contribution in [-0.2, 0) is 10.9 Å². The molecule has 94 valence electrons. The smallest absolute Gasteiger partial charge is 0.417 e. The van der Waals surface area contributed by atoms with Crippen LogP contribution in [-0.4, -0.2) is 12.6 Å². The molecule has 0 amide bonds. The Morgan fingerprint density at radius 1 is 1.41 bits per heavy atom. The first-order valence-electron chi connectivity index (χ1n) is 4.50. The predicted octanol–water partition coefficient (Wildman–Crippen LogP) is 3.67. The summed E-state index contributed by atoms with van der Waals surface area (Å²) in [6, 6.07) is 0.784. The van der Waals surface area contributed by atoms with E-state index in [4.69, 9.17) is 11.6 Å². The van der Waals surface area contributed by atoms with Crippen LogP contribution in [0.1, 0.15) is 22.8 Å². The summed E-state index contributed by atoms with van der Waals surface area (Å²) in [5.41, 5.74) is -2.20. The fourth-order valence-electron chi connectivity index (χ4n) is 1.16. The lowest BCUT2D eigenvalue weighted by Crippen LogP contribution is -2.15. The standard InChI is InChI=1S/C10H7ClF4O2/c1-2-17-9(16)5-3-8(12)7(11)4-6(5)10(13,14)15/h3-4H,2H2,1H3. The number of ether oxygens (including phenoxy) is 1. The lowest BCUT2D eigenvalue weighted by molar-refractivity contribution is -0.138. The van der Waals surface area contributed by atoms with Crippen molar-refractivity contribution in [1.29, 1.82) is 0 Å². The third-order valence-corrected chi connectivity index (χ3v) is 2.15. The maximum Gasteiger partial charge on any atom is 0.417 e. The van der Waals surface area contributed by atoms with E-state index in [2.05, 4.69) is 4.74 Å². The second-order valence-corrected chi connectivity index (χ2v) is 3.44. The molecular weight excluding hydrogens is 264 g/mol. The van der Waals surface area contributed by atoms with E-state index in [-0.39, 0.29) is 6.61 Å². The van der Waals surface area contributed by atoms with E-state index in [1.807, 2.05) is 0 Å². The van der Waals surface area contributed by atoms with Crippen LogP contribution in [0.2, 0.25) is 5.02 Å². The molecule has 0 heterocycles. The summed E-state index contributed by atoms with van der Waals surface area (Å²) < 4.78 is 55.2. The van der Waals surface area contributed by atoms with Crippen molar-refractivity contribution < 1.29 is 27.1 Å². The second kappa shape index (κ2) is 4.91. The molecule has 1 rings (SSSR count). The molecule has 0 saturated carbocycles. The molecule has 0 aliphatic rings. The Balaban J connectivity index is 3.36. The number of esters is 1. The largest absolute Gasteiger partial charge is 0.462 e. The molecule has 17 heavy (non-hydrogen) atoms. The highest BCUT2D eigenvalue weighted by molar-refractivity contribution is 6.30. The summed E-state index contributed by atoms with van der Waals surface area (Å²) in [5, 5.41) is -0.703. The van der Waals surface area contributed by atoms with Gasteiger partial charge in [-0.15, -0.1) is 0 Å². The van der Waals surface area contributed by atoms with Crippen molar-refractivity contribution in [3.63, 3.8) is 0 Å². The quantitative estimate of drug-likeness (QED) is 0.605. The minimum absolute atomic E-state index is 0.111. The summed E-state index contributed by atoms with van der Waals surface area (Å²) in [6.07, 6.45) is -4.81. The Morgan fingerprint density at radius 2 is 2.00 bits per heavy atom. The van der Waals surface area contributed by atoms with E-state index >= 15 is 0 Å².